The molecule has 0 N–H and O–H groups in total. The monoisotopic (exact) mass is 661 g/mol. The van der Waals surface area contributed by atoms with Crippen molar-refractivity contribution in [1.82, 2.24) is 9.97 Å². The molecule has 4 heterocycles. The van der Waals surface area contributed by atoms with E-state index in [9.17, 15) is 0 Å². The van der Waals surface area contributed by atoms with Crippen LogP contribution >= 0.6 is 11.3 Å². The van der Waals surface area contributed by atoms with Gasteiger partial charge in [-0.2, -0.15) is 0 Å². The molecule has 0 aliphatic carbocycles. The number of fused-ring (bicyclic) bond motifs is 5. The van der Waals surface area contributed by atoms with E-state index in [1.807, 2.05) is 43.6 Å². The van der Waals surface area contributed by atoms with E-state index in [0.29, 0.717) is 0 Å². The Morgan fingerprint density at radius 3 is 2.36 bits per heavy atom. The molecule has 0 saturated carbocycles. The van der Waals surface area contributed by atoms with Crippen LogP contribution in [0.15, 0.2) is 168 Å². The molecular weight excluding hydrogens is 631 g/mol. The van der Waals surface area contributed by atoms with Gasteiger partial charge in [0, 0.05) is 48.7 Å². The third-order valence-corrected chi connectivity index (χ3v) is 10.2. The highest BCUT2D eigenvalue weighted by molar-refractivity contribution is 7.19. The average molecular weight is 662 g/mol. The van der Waals surface area contributed by atoms with Crippen molar-refractivity contribution in [2.75, 3.05) is 4.90 Å². The molecule has 5 aromatic carbocycles. The zero-order chi connectivity index (χ0) is 33.4. The van der Waals surface area contributed by atoms with Gasteiger partial charge < -0.3 is 9.32 Å². The van der Waals surface area contributed by atoms with Crippen LogP contribution in [0.2, 0.25) is 0 Å². The molecule has 4 nitrogen and oxygen atoms in total. The van der Waals surface area contributed by atoms with E-state index in [-0.39, 0.29) is 0 Å². The maximum Gasteiger partial charge on any atom is 0.143 e. The minimum atomic E-state index is 0.898. The first kappa shape index (κ1) is 29.8. The highest BCUT2D eigenvalue weighted by Crippen LogP contribution is 2.41. The zero-order valence-corrected chi connectivity index (χ0v) is 28.1. The number of benzene rings is 5. The van der Waals surface area contributed by atoms with Gasteiger partial charge in [-0.1, -0.05) is 91.0 Å². The summed E-state index contributed by atoms with van der Waals surface area (Å²) in [5.41, 5.74) is 9.85. The van der Waals surface area contributed by atoms with E-state index < -0.39 is 0 Å². The van der Waals surface area contributed by atoms with Gasteiger partial charge in [-0.15, -0.1) is 11.3 Å². The fourth-order valence-electron chi connectivity index (χ4n) is 6.72. The summed E-state index contributed by atoms with van der Waals surface area (Å²) in [5.74, 6) is 0. The number of nitrogens with zero attached hydrogens (tertiary/aromatic N) is 3. The van der Waals surface area contributed by atoms with Gasteiger partial charge in [0.1, 0.15) is 11.2 Å². The summed E-state index contributed by atoms with van der Waals surface area (Å²) in [5, 5.41) is 4.55. The van der Waals surface area contributed by atoms with Gasteiger partial charge in [0.25, 0.3) is 0 Å². The summed E-state index contributed by atoms with van der Waals surface area (Å²) in [6, 6.07) is 46.7. The molecule has 0 aliphatic rings. The van der Waals surface area contributed by atoms with Gasteiger partial charge >= 0.3 is 0 Å². The number of hydrogen-bond acceptors (Lipinski definition) is 5. The van der Waals surface area contributed by atoms with E-state index in [1.54, 1.807) is 11.3 Å². The van der Waals surface area contributed by atoms with Crippen LogP contribution in [0.1, 0.15) is 11.8 Å². The van der Waals surface area contributed by atoms with Gasteiger partial charge in [-0.3, -0.25) is 9.97 Å². The van der Waals surface area contributed by atoms with Gasteiger partial charge in [0.05, 0.1) is 28.8 Å². The lowest BCUT2D eigenvalue weighted by Crippen LogP contribution is -2.11. The summed E-state index contributed by atoms with van der Waals surface area (Å²) < 4.78 is 7.63. The van der Waals surface area contributed by atoms with Crippen molar-refractivity contribution >= 4 is 77.4 Å². The Hall–Kier alpha value is -6.30. The van der Waals surface area contributed by atoms with E-state index in [2.05, 4.69) is 138 Å². The van der Waals surface area contributed by atoms with Gasteiger partial charge in [-0.25, -0.2) is 0 Å². The topological polar surface area (TPSA) is 42.2 Å². The molecule has 0 unspecified atom stereocenters. The second-order valence-electron chi connectivity index (χ2n) is 12.2. The van der Waals surface area contributed by atoms with Crippen molar-refractivity contribution < 1.29 is 4.42 Å². The number of allylic oxidation sites excluding steroid dienone is 3. The lowest BCUT2D eigenvalue weighted by Gasteiger charge is -2.26. The number of furan rings is 1. The smallest absolute Gasteiger partial charge is 0.143 e. The summed E-state index contributed by atoms with van der Waals surface area (Å²) in [4.78, 5) is 13.3. The van der Waals surface area contributed by atoms with Crippen LogP contribution in [0.4, 0.5) is 17.1 Å². The summed E-state index contributed by atoms with van der Waals surface area (Å²) >= 11 is 1.80. The minimum Gasteiger partial charge on any atom is -0.455 e. The van der Waals surface area contributed by atoms with Crippen LogP contribution in [0.25, 0.3) is 71.4 Å². The van der Waals surface area contributed by atoms with Gasteiger partial charge in [-0.05, 0) is 84.6 Å². The molecule has 0 amide bonds. The molecule has 5 heteroatoms. The lowest BCUT2D eigenvalue weighted by molar-refractivity contribution is 0.670. The fourth-order valence-corrected chi connectivity index (χ4v) is 7.67. The Balaban J connectivity index is 1.11. The van der Waals surface area contributed by atoms with Crippen molar-refractivity contribution in [1.29, 1.82) is 0 Å². The van der Waals surface area contributed by atoms with E-state index in [4.69, 9.17) is 14.4 Å². The predicted molar refractivity (Wildman–Crippen MR) is 212 cm³/mol. The molecule has 9 aromatic rings. The number of rotatable bonds is 7. The minimum absolute atomic E-state index is 0.898. The van der Waals surface area contributed by atoms with Crippen LogP contribution in [0.5, 0.6) is 0 Å². The van der Waals surface area contributed by atoms with Crippen molar-refractivity contribution in [2.24, 2.45) is 0 Å². The lowest BCUT2D eigenvalue weighted by atomic mass is 10.0. The van der Waals surface area contributed by atoms with E-state index >= 15 is 0 Å². The third kappa shape index (κ3) is 5.34. The molecule has 0 spiro atoms. The molecule has 50 heavy (non-hydrogen) atoms. The second kappa shape index (κ2) is 12.6. The van der Waals surface area contributed by atoms with Crippen molar-refractivity contribution in [2.45, 2.75) is 6.92 Å². The number of para-hydroxylation sites is 3. The van der Waals surface area contributed by atoms with Crippen molar-refractivity contribution in [3.05, 3.63) is 169 Å². The standard InChI is InChI=1S/C45H31N3OS/c1-2-3-4-12-36-28-33-27-32(20-25-43(33)50-36)40-24-23-35(29-47-40)48(41-16-7-10-31-11-9-26-46-44(31)41)34-21-18-30(19-22-34)37-14-8-15-39-38-13-5-6-17-42(38)49-45(37)39/h2-29H,1H3/b3-2-,12-4-. The molecule has 0 atom stereocenters. The molecule has 0 aliphatic heterocycles. The summed E-state index contributed by atoms with van der Waals surface area (Å²) in [6.45, 7) is 2.03. The quantitative estimate of drug-likeness (QED) is 0.159. The van der Waals surface area contributed by atoms with Crippen molar-refractivity contribution in [3.8, 4) is 22.4 Å². The number of thiophene rings is 1. The summed E-state index contributed by atoms with van der Waals surface area (Å²) in [7, 11) is 0. The van der Waals surface area contributed by atoms with Crippen molar-refractivity contribution in [3.63, 3.8) is 0 Å². The Kier molecular flexibility index (Phi) is 7.52. The molecule has 0 bridgehead atoms. The third-order valence-electron chi connectivity index (χ3n) is 9.09. The Morgan fingerprint density at radius 1 is 0.660 bits per heavy atom. The van der Waals surface area contributed by atoms with Crippen LogP contribution in [-0.4, -0.2) is 9.97 Å². The van der Waals surface area contributed by atoms with Gasteiger partial charge in [0.15, 0.2) is 0 Å². The number of anilines is 3. The van der Waals surface area contributed by atoms with Crippen LogP contribution in [0.3, 0.4) is 0 Å². The zero-order valence-electron chi connectivity index (χ0n) is 27.3. The van der Waals surface area contributed by atoms with Gasteiger partial charge in [0.2, 0.25) is 0 Å². The number of hydrogen-bond donors (Lipinski definition) is 0. The number of aromatic nitrogens is 2. The number of pyridine rings is 2. The summed E-state index contributed by atoms with van der Waals surface area (Å²) in [6.07, 6.45) is 12.1. The Labute approximate surface area is 293 Å². The highest BCUT2D eigenvalue weighted by atomic mass is 32.1. The second-order valence-corrected chi connectivity index (χ2v) is 13.3. The van der Waals surface area contributed by atoms with Crippen LogP contribution in [-0.2, 0) is 0 Å². The molecule has 0 saturated heterocycles. The molecule has 4 aromatic heterocycles. The normalized spacial score (nSPS) is 11.9. The van der Waals surface area contributed by atoms with E-state index in [1.165, 1.54) is 15.0 Å². The SMILES string of the molecule is C/C=C\C=C/c1cc2cc(-c3ccc(N(c4ccc(-c5cccc6c5oc5ccccc56)cc4)c4cccc5cccnc45)cn3)ccc2s1. The first-order chi connectivity index (χ1) is 24.7. The van der Waals surface area contributed by atoms with Crippen LogP contribution in [0, 0.1) is 0 Å². The first-order valence-corrected chi connectivity index (χ1v) is 17.5. The molecular formula is C45H31N3OS. The van der Waals surface area contributed by atoms with Crippen LogP contribution < -0.4 is 4.90 Å². The fraction of sp³-hybridized carbons (Fsp3) is 0.0222. The highest BCUT2D eigenvalue weighted by Gasteiger charge is 2.18. The van der Waals surface area contributed by atoms with E-state index in [0.717, 1.165) is 72.3 Å². The first-order valence-electron chi connectivity index (χ1n) is 16.7. The average Bonchev–Trinajstić information content (AvgIpc) is 3.76. The maximum atomic E-state index is 6.36. The Morgan fingerprint density at radius 2 is 1.48 bits per heavy atom. The largest absolute Gasteiger partial charge is 0.455 e. The molecule has 9 rings (SSSR count). The predicted octanol–water partition coefficient (Wildman–Crippen LogP) is 13.1. The molecule has 0 fully saturated rings. The molecule has 0 radical (unpaired) electrons. The molecule has 238 valence electrons. The maximum absolute atomic E-state index is 6.36. The Bertz CT molecular complexity index is 2710.